The molecule has 1 amide bonds. The second-order valence-corrected chi connectivity index (χ2v) is 4.57. The molecule has 6 heteroatoms. The molecule has 0 aliphatic carbocycles. The average molecular weight is 271 g/mol. The van der Waals surface area contributed by atoms with E-state index in [1.807, 2.05) is 12.1 Å². The first-order valence-electron chi connectivity index (χ1n) is 6.19. The molecule has 0 bridgehead atoms. The first-order valence-corrected chi connectivity index (χ1v) is 6.19. The molecule has 104 valence electrons. The van der Waals surface area contributed by atoms with Crippen molar-refractivity contribution in [2.75, 3.05) is 25.1 Å². The Kier molecular flexibility index (Phi) is 4.14. The van der Waals surface area contributed by atoms with Gasteiger partial charge in [-0.25, -0.2) is 0 Å². The van der Waals surface area contributed by atoms with Gasteiger partial charge in [-0.15, -0.1) is 0 Å². The zero-order chi connectivity index (χ0) is 14.5. The van der Waals surface area contributed by atoms with E-state index in [4.69, 9.17) is 5.73 Å². The summed E-state index contributed by atoms with van der Waals surface area (Å²) in [5.74, 6) is -0.0772. The summed E-state index contributed by atoms with van der Waals surface area (Å²) in [6.45, 7) is 0.477. The lowest BCUT2D eigenvalue weighted by Gasteiger charge is -2.15. The maximum Gasteiger partial charge on any atom is 0.255 e. The summed E-state index contributed by atoms with van der Waals surface area (Å²) in [5, 5.41) is 11.0. The molecule has 0 fully saturated rings. The summed E-state index contributed by atoms with van der Waals surface area (Å²) >= 11 is 0. The molecule has 0 radical (unpaired) electrons. The molecule has 0 unspecified atom stereocenters. The van der Waals surface area contributed by atoms with Crippen LogP contribution in [0.4, 0.5) is 11.4 Å². The molecule has 1 heterocycles. The van der Waals surface area contributed by atoms with Crippen molar-refractivity contribution in [1.29, 1.82) is 0 Å². The van der Waals surface area contributed by atoms with Gasteiger partial charge in [-0.1, -0.05) is 0 Å². The van der Waals surface area contributed by atoms with E-state index in [2.05, 4.69) is 15.5 Å². The Labute approximate surface area is 117 Å². The second-order valence-electron chi connectivity index (χ2n) is 4.57. The molecule has 0 spiro atoms. The number of nitrogen functional groups attached to an aromatic ring is 1. The number of nitrogens with one attached hydrogen (secondary N) is 1. The first-order chi connectivity index (χ1) is 9.58. The number of carbonyl (C=O) groups is 1. The second kappa shape index (κ2) is 6.01. The van der Waals surface area contributed by atoms with Crippen molar-refractivity contribution in [3.63, 3.8) is 0 Å². The van der Waals surface area contributed by atoms with Crippen LogP contribution in [-0.4, -0.2) is 35.1 Å². The lowest BCUT2D eigenvalue weighted by Crippen LogP contribution is -2.23. The van der Waals surface area contributed by atoms with Gasteiger partial charge in [0, 0.05) is 31.7 Å². The molecule has 0 saturated carbocycles. The number of hydrogen-bond acceptors (Lipinski definition) is 5. The van der Waals surface area contributed by atoms with Crippen LogP contribution in [0.15, 0.2) is 36.5 Å². The third kappa shape index (κ3) is 3.23. The standard InChI is InChI=1S/C14H17N5O/c1-19(2)14(20)12-6-5-10(15)8-13(12)16-9-11-4-3-7-17-18-11/h3-8,16H,9,15H2,1-2H3. The third-order valence-electron chi connectivity index (χ3n) is 2.77. The van der Waals surface area contributed by atoms with Gasteiger partial charge < -0.3 is 16.0 Å². The SMILES string of the molecule is CN(C)C(=O)c1ccc(N)cc1NCc1cccnn1. The summed E-state index contributed by atoms with van der Waals surface area (Å²) in [7, 11) is 3.43. The normalized spacial score (nSPS) is 10.1. The predicted octanol–water partition coefficient (Wildman–Crippen LogP) is 1.37. The monoisotopic (exact) mass is 271 g/mol. The summed E-state index contributed by atoms with van der Waals surface area (Å²) < 4.78 is 0. The molecule has 2 aromatic rings. The lowest BCUT2D eigenvalue weighted by atomic mass is 10.1. The van der Waals surface area contributed by atoms with Gasteiger partial charge in [0.05, 0.1) is 17.8 Å². The predicted molar refractivity (Wildman–Crippen MR) is 78.2 cm³/mol. The van der Waals surface area contributed by atoms with Crippen LogP contribution in [0.1, 0.15) is 16.1 Å². The van der Waals surface area contributed by atoms with Crippen molar-refractivity contribution in [3.05, 3.63) is 47.8 Å². The Hall–Kier alpha value is -2.63. The lowest BCUT2D eigenvalue weighted by molar-refractivity contribution is 0.0828. The molecule has 3 N–H and O–H groups in total. The smallest absolute Gasteiger partial charge is 0.255 e. The molecule has 0 aliphatic heterocycles. The van der Waals surface area contributed by atoms with Crippen molar-refractivity contribution in [2.24, 2.45) is 0 Å². The summed E-state index contributed by atoms with van der Waals surface area (Å²) in [6, 6.07) is 8.85. The van der Waals surface area contributed by atoms with Crippen LogP contribution < -0.4 is 11.1 Å². The van der Waals surface area contributed by atoms with Crippen LogP contribution in [0.3, 0.4) is 0 Å². The van der Waals surface area contributed by atoms with Crippen molar-refractivity contribution in [2.45, 2.75) is 6.54 Å². The summed E-state index contributed by atoms with van der Waals surface area (Å²) in [4.78, 5) is 13.6. The van der Waals surface area contributed by atoms with Crippen LogP contribution >= 0.6 is 0 Å². The maximum absolute atomic E-state index is 12.1. The van der Waals surface area contributed by atoms with Crippen molar-refractivity contribution < 1.29 is 4.79 Å². The van der Waals surface area contributed by atoms with E-state index in [1.165, 1.54) is 4.90 Å². The maximum atomic E-state index is 12.1. The molecule has 2 rings (SSSR count). The number of hydrogen-bond donors (Lipinski definition) is 2. The number of amides is 1. The number of benzene rings is 1. The third-order valence-corrected chi connectivity index (χ3v) is 2.77. The quantitative estimate of drug-likeness (QED) is 0.820. The van der Waals surface area contributed by atoms with Gasteiger partial charge in [-0.2, -0.15) is 10.2 Å². The zero-order valence-corrected chi connectivity index (χ0v) is 11.5. The summed E-state index contributed by atoms with van der Waals surface area (Å²) in [5.41, 5.74) is 8.43. The number of rotatable bonds is 4. The fourth-order valence-electron chi connectivity index (χ4n) is 1.75. The van der Waals surface area contributed by atoms with E-state index in [9.17, 15) is 4.79 Å². The molecule has 6 nitrogen and oxygen atoms in total. The number of carbonyl (C=O) groups excluding carboxylic acids is 1. The van der Waals surface area contributed by atoms with E-state index in [0.29, 0.717) is 23.5 Å². The van der Waals surface area contributed by atoms with Crippen LogP contribution in [0.2, 0.25) is 0 Å². The highest BCUT2D eigenvalue weighted by atomic mass is 16.2. The molecule has 0 atom stereocenters. The zero-order valence-electron chi connectivity index (χ0n) is 11.5. The Morgan fingerprint density at radius 1 is 1.35 bits per heavy atom. The van der Waals surface area contributed by atoms with Crippen molar-refractivity contribution >= 4 is 17.3 Å². The minimum Gasteiger partial charge on any atom is -0.399 e. The van der Waals surface area contributed by atoms with E-state index >= 15 is 0 Å². The van der Waals surface area contributed by atoms with E-state index in [-0.39, 0.29) is 5.91 Å². The van der Waals surface area contributed by atoms with E-state index < -0.39 is 0 Å². The highest BCUT2D eigenvalue weighted by Crippen LogP contribution is 2.21. The Bertz CT molecular complexity index is 598. The van der Waals surface area contributed by atoms with Gasteiger partial charge in [0.1, 0.15) is 0 Å². The number of nitrogens with zero attached hydrogens (tertiary/aromatic N) is 3. The van der Waals surface area contributed by atoms with Crippen LogP contribution in [0.5, 0.6) is 0 Å². The van der Waals surface area contributed by atoms with Gasteiger partial charge in [0.15, 0.2) is 0 Å². The summed E-state index contributed by atoms with van der Waals surface area (Å²) in [6.07, 6.45) is 1.62. The van der Waals surface area contributed by atoms with Gasteiger partial charge in [-0.05, 0) is 30.3 Å². The van der Waals surface area contributed by atoms with Crippen LogP contribution in [-0.2, 0) is 6.54 Å². The molecule has 0 saturated heterocycles. The molecule has 0 aliphatic rings. The fourth-order valence-corrected chi connectivity index (χ4v) is 1.75. The van der Waals surface area contributed by atoms with Gasteiger partial charge in [-0.3, -0.25) is 4.79 Å². The molecule has 20 heavy (non-hydrogen) atoms. The topological polar surface area (TPSA) is 84.1 Å². The van der Waals surface area contributed by atoms with Crippen LogP contribution in [0.25, 0.3) is 0 Å². The molecular weight excluding hydrogens is 254 g/mol. The largest absolute Gasteiger partial charge is 0.399 e. The first kappa shape index (κ1) is 13.8. The average Bonchev–Trinajstić information content (AvgIpc) is 2.45. The van der Waals surface area contributed by atoms with Crippen molar-refractivity contribution in [1.82, 2.24) is 15.1 Å². The minimum absolute atomic E-state index is 0.0772. The van der Waals surface area contributed by atoms with Gasteiger partial charge in [0.25, 0.3) is 5.91 Å². The highest BCUT2D eigenvalue weighted by Gasteiger charge is 2.13. The minimum atomic E-state index is -0.0772. The van der Waals surface area contributed by atoms with Gasteiger partial charge >= 0.3 is 0 Å². The van der Waals surface area contributed by atoms with Crippen molar-refractivity contribution in [3.8, 4) is 0 Å². The van der Waals surface area contributed by atoms with E-state index in [0.717, 1.165) is 5.69 Å². The van der Waals surface area contributed by atoms with Crippen LogP contribution in [0, 0.1) is 0 Å². The van der Waals surface area contributed by atoms with E-state index in [1.54, 1.807) is 38.5 Å². The Morgan fingerprint density at radius 3 is 2.80 bits per heavy atom. The molecular formula is C14H17N5O. The number of nitrogens with two attached hydrogens (primary N) is 1. The fraction of sp³-hybridized carbons (Fsp3) is 0.214. The molecule has 1 aromatic carbocycles. The highest BCUT2D eigenvalue weighted by molar-refractivity contribution is 5.99. The Balaban J connectivity index is 2.21. The number of anilines is 2. The van der Waals surface area contributed by atoms with Gasteiger partial charge in [0.2, 0.25) is 0 Å². The Morgan fingerprint density at radius 2 is 2.15 bits per heavy atom. The molecule has 1 aromatic heterocycles. The number of aromatic nitrogens is 2.